The molecule has 170 valence electrons. The van der Waals surface area contributed by atoms with Gasteiger partial charge in [0.1, 0.15) is 19.4 Å². The third-order valence-electron chi connectivity index (χ3n) is 4.27. The van der Waals surface area contributed by atoms with Gasteiger partial charge < -0.3 is 14.2 Å². The van der Waals surface area contributed by atoms with Crippen LogP contribution < -0.4 is 9.30 Å². The minimum Gasteiger partial charge on any atom is -0.488 e. The molecular formula is C26H44NO3+. The Kier molecular flexibility index (Phi) is 17.9. The van der Waals surface area contributed by atoms with Gasteiger partial charge in [-0.05, 0) is 31.9 Å². The number of rotatable bonds is 5. The Morgan fingerprint density at radius 3 is 1.93 bits per heavy atom. The van der Waals surface area contributed by atoms with Crippen molar-refractivity contribution in [2.45, 2.75) is 85.7 Å². The lowest BCUT2D eigenvalue weighted by atomic mass is 10.1. The summed E-state index contributed by atoms with van der Waals surface area (Å²) in [5, 5.41) is 0. The van der Waals surface area contributed by atoms with E-state index in [1.165, 1.54) is 12.8 Å². The summed E-state index contributed by atoms with van der Waals surface area (Å²) in [7, 11) is 2.00. The standard InChI is InChI=1S/C14H20O3.C6H8N.C4H10.C2H6/c1-3-12-9-11(2)16-14(17-12)10-15-13-7-5-4-6-8-13;1-7-5-3-2-4-6-7;1-3-4-2;1-2/h4-8,11-12,14H,3,9-10H2,1-2H3;2-6H,1H3;3-4H2,1-2H3;1-2H3/q;+1;;. The summed E-state index contributed by atoms with van der Waals surface area (Å²) in [4.78, 5) is 0. The molecule has 0 radical (unpaired) electrons. The molecule has 1 aliphatic heterocycles. The Hall–Kier alpha value is -1.91. The van der Waals surface area contributed by atoms with E-state index in [2.05, 4.69) is 27.7 Å². The number of unbranched alkanes of at least 4 members (excludes halogenated alkanes) is 1. The molecule has 1 fully saturated rings. The third-order valence-corrected chi connectivity index (χ3v) is 4.27. The second-order valence-electron chi connectivity index (χ2n) is 6.94. The molecular weight excluding hydrogens is 374 g/mol. The average molecular weight is 419 g/mol. The molecule has 3 unspecified atom stereocenters. The van der Waals surface area contributed by atoms with Crippen LogP contribution in [0.4, 0.5) is 0 Å². The van der Waals surface area contributed by atoms with Gasteiger partial charge in [-0.15, -0.1) is 0 Å². The molecule has 0 N–H and O–H groups in total. The minimum atomic E-state index is -0.246. The van der Waals surface area contributed by atoms with Crippen LogP contribution in [-0.4, -0.2) is 25.1 Å². The van der Waals surface area contributed by atoms with Crippen molar-refractivity contribution in [3.63, 3.8) is 0 Å². The van der Waals surface area contributed by atoms with Crippen LogP contribution in [0.25, 0.3) is 0 Å². The van der Waals surface area contributed by atoms with E-state index in [1.54, 1.807) is 0 Å². The molecule has 2 aromatic rings. The van der Waals surface area contributed by atoms with E-state index < -0.39 is 0 Å². The van der Waals surface area contributed by atoms with Gasteiger partial charge >= 0.3 is 0 Å². The summed E-state index contributed by atoms with van der Waals surface area (Å²) in [6.07, 6.45) is 8.93. The van der Waals surface area contributed by atoms with Gasteiger partial charge in [-0.3, -0.25) is 0 Å². The van der Waals surface area contributed by atoms with Crippen molar-refractivity contribution >= 4 is 0 Å². The van der Waals surface area contributed by atoms with Gasteiger partial charge in [-0.25, -0.2) is 4.57 Å². The van der Waals surface area contributed by atoms with Gasteiger partial charge in [0.05, 0.1) is 12.2 Å². The lowest BCUT2D eigenvalue weighted by Gasteiger charge is -2.33. The van der Waals surface area contributed by atoms with Crippen molar-refractivity contribution in [1.82, 2.24) is 0 Å². The van der Waals surface area contributed by atoms with Gasteiger partial charge in [-0.2, -0.15) is 0 Å². The average Bonchev–Trinajstić information content (AvgIpc) is 2.80. The van der Waals surface area contributed by atoms with Crippen molar-refractivity contribution < 1.29 is 18.8 Å². The zero-order chi connectivity index (χ0) is 22.6. The monoisotopic (exact) mass is 418 g/mol. The van der Waals surface area contributed by atoms with E-state index in [1.807, 2.05) is 86.4 Å². The van der Waals surface area contributed by atoms with Gasteiger partial charge in [0.15, 0.2) is 18.7 Å². The number of hydrogen-bond donors (Lipinski definition) is 0. The summed E-state index contributed by atoms with van der Waals surface area (Å²) in [6.45, 7) is 13.0. The quantitative estimate of drug-likeness (QED) is 0.531. The van der Waals surface area contributed by atoms with E-state index in [-0.39, 0.29) is 12.4 Å². The second-order valence-corrected chi connectivity index (χ2v) is 6.94. The lowest BCUT2D eigenvalue weighted by molar-refractivity contribution is -0.671. The minimum absolute atomic E-state index is 0.246. The molecule has 0 aliphatic carbocycles. The first-order chi connectivity index (χ1) is 14.6. The Morgan fingerprint density at radius 2 is 1.47 bits per heavy atom. The van der Waals surface area contributed by atoms with E-state index in [9.17, 15) is 0 Å². The number of nitrogens with zero attached hydrogens (tertiary/aromatic N) is 1. The maximum absolute atomic E-state index is 5.78. The van der Waals surface area contributed by atoms with Crippen molar-refractivity contribution in [3.05, 3.63) is 60.9 Å². The van der Waals surface area contributed by atoms with Crippen molar-refractivity contribution in [1.29, 1.82) is 0 Å². The Balaban J connectivity index is 0.000000534. The van der Waals surface area contributed by atoms with Gasteiger partial charge in [0.25, 0.3) is 0 Å². The number of benzene rings is 1. The molecule has 1 aromatic carbocycles. The van der Waals surface area contributed by atoms with Crippen LogP contribution in [0.1, 0.15) is 67.2 Å². The summed E-state index contributed by atoms with van der Waals surface area (Å²) < 4.78 is 19.1. The fourth-order valence-corrected chi connectivity index (χ4v) is 2.49. The molecule has 3 atom stereocenters. The molecule has 1 aromatic heterocycles. The first-order valence-corrected chi connectivity index (χ1v) is 11.5. The predicted molar refractivity (Wildman–Crippen MR) is 126 cm³/mol. The molecule has 2 heterocycles. The zero-order valence-electron chi connectivity index (χ0n) is 20.2. The van der Waals surface area contributed by atoms with Crippen molar-refractivity contribution in [3.8, 4) is 5.75 Å². The van der Waals surface area contributed by atoms with E-state index in [0.717, 1.165) is 18.6 Å². The highest BCUT2D eigenvalue weighted by Crippen LogP contribution is 2.21. The second kappa shape index (κ2) is 19.1. The normalized spacial score (nSPS) is 19.6. The van der Waals surface area contributed by atoms with Crippen molar-refractivity contribution in [2.75, 3.05) is 6.61 Å². The van der Waals surface area contributed by atoms with E-state index in [0.29, 0.717) is 12.7 Å². The summed E-state index contributed by atoms with van der Waals surface area (Å²) >= 11 is 0. The highest BCUT2D eigenvalue weighted by molar-refractivity contribution is 5.20. The molecule has 30 heavy (non-hydrogen) atoms. The maximum atomic E-state index is 5.78. The van der Waals surface area contributed by atoms with Crippen molar-refractivity contribution in [2.24, 2.45) is 7.05 Å². The first kappa shape index (κ1) is 28.1. The molecule has 4 heteroatoms. The zero-order valence-corrected chi connectivity index (χ0v) is 20.2. The number of aryl methyl sites for hydroxylation is 1. The molecule has 0 bridgehead atoms. The fourth-order valence-electron chi connectivity index (χ4n) is 2.49. The van der Waals surface area contributed by atoms with E-state index >= 15 is 0 Å². The number of hydrogen-bond acceptors (Lipinski definition) is 3. The summed E-state index contributed by atoms with van der Waals surface area (Å²) in [5.41, 5.74) is 0. The summed E-state index contributed by atoms with van der Waals surface area (Å²) in [5.74, 6) is 0.853. The van der Waals surface area contributed by atoms with Crippen LogP contribution in [0.3, 0.4) is 0 Å². The summed E-state index contributed by atoms with van der Waals surface area (Å²) in [6, 6.07) is 15.7. The lowest BCUT2D eigenvalue weighted by Crippen LogP contribution is -2.39. The van der Waals surface area contributed by atoms with Crippen LogP contribution in [0.2, 0.25) is 0 Å². The first-order valence-electron chi connectivity index (χ1n) is 11.5. The SMILES string of the molecule is CC.CCC1CC(C)OC(COc2ccccc2)O1.CCCC.C[n+]1ccccc1. The largest absolute Gasteiger partial charge is 0.488 e. The van der Waals surface area contributed by atoms with Gasteiger partial charge in [0.2, 0.25) is 0 Å². The fraction of sp³-hybridized carbons (Fsp3) is 0.577. The predicted octanol–water partition coefficient (Wildman–Crippen LogP) is 6.34. The molecule has 0 amide bonds. The maximum Gasteiger partial charge on any atom is 0.192 e. The molecule has 0 saturated carbocycles. The van der Waals surface area contributed by atoms with Crippen LogP contribution >= 0.6 is 0 Å². The smallest absolute Gasteiger partial charge is 0.192 e. The van der Waals surface area contributed by atoms with E-state index in [4.69, 9.17) is 14.2 Å². The number of pyridine rings is 1. The highest BCUT2D eigenvalue weighted by atomic mass is 16.7. The van der Waals surface area contributed by atoms with Gasteiger partial charge in [0, 0.05) is 12.1 Å². The number of aromatic nitrogens is 1. The van der Waals surface area contributed by atoms with Gasteiger partial charge in [-0.1, -0.05) is 71.7 Å². The van der Waals surface area contributed by atoms with Crippen LogP contribution in [0.5, 0.6) is 5.75 Å². The van der Waals surface area contributed by atoms with Crippen LogP contribution in [0.15, 0.2) is 60.9 Å². The number of para-hydroxylation sites is 1. The van der Waals surface area contributed by atoms with Crippen LogP contribution in [0, 0.1) is 0 Å². The Bertz CT molecular complexity index is 590. The topological polar surface area (TPSA) is 31.6 Å². The molecule has 0 spiro atoms. The Labute approximate surface area is 185 Å². The molecule has 3 rings (SSSR count). The molecule has 1 aliphatic rings. The van der Waals surface area contributed by atoms with Crippen LogP contribution in [-0.2, 0) is 16.5 Å². The highest BCUT2D eigenvalue weighted by Gasteiger charge is 2.26. The number of ether oxygens (including phenoxy) is 3. The molecule has 1 saturated heterocycles. The Morgan fingerprint density at radius 1 is 0.900 bits per heavy atom. The molecule has 4 nitrogen and oxygen atoms in total. The third kappa shape index (κ3) is 14.1.